The van der Waals surface area contributed by atoms with Crippen molar-refractivity contribution in [1.82, 2.24) is 9.21 Å². The summed E-state index contributed by atoms with van der Waals surface area (Å²) in [6.07, 6.45) is 0.776. The Morgan fingerprint density at radius 1 is 1.00 bits per heavy atom. The molecule has 32 heavy (non-hydrogen) atoms. The van der Waals surface area contributed by atoms with Gasteiger partial charge in [-0.05, 0) is 43.3 Å². The van der Waals surface area contributed by atoms with Crippen LogP contribution in [0.1, 0.15) is 12.0 Å². The van der Waals surface area contributed by atoms with E-state index < -0.39 is 15.0 Å². The minimum absolute atomic E-state index is 0.217. The molecule has 3 heterocycles. The molecular weight excluding hydrogens is 449 g/mol. The molecular formula is C23H28FN3O3S2. The number of fused-ring (bicyclic) bond motifs is 2. The van der Waals surface area contributed by atoms with Gasteiger partial charge in [0.2, 0.25) is 10.0 Å². The minimum Gasteiger partial charge on any atom is -0.369 e. The number of benzene rings is 2. The standard InChI is InChI=1S/C23H28FN3O3S2/c24-19-6-8-20(9-7-19)26-14-12-25(13-15-26)10-3-11-27-18-23(30-16-17-31-23)21-4-1-2-5-22(21)32(27,28)29/h1-2,4-9H,3,10-18H2. The molecule has 172 valence electrons. The van der Waals surface area contributed by atoms with Gasteiger partial charge >= 0.3 is 0 Å². The average molecular weight is 478 g/mol. The molecule has 6 nitrogen and oxygen atoms in total. The molecule has 0 aromatic heterocycles. The summed E-state index contributed by atoms with van der Waals surface area (Å²) in [5.41, 5.74) is 1.83. The molecule has 0 N–H and O–H groups in total. The first-order valence-electron chi connectivity index (χ1n) is 11.1. The second-order valence-electron chi connectivity index (χ2n) is 8.44. The summed E-state index contributed by atoms with van der Waals surface area (Å²) < 4.78 is 47.4. The van der Waals surface area contributed by atoms with E-state index >= 15 is 0 Å². The van der Waals surface area contributed by atoms with Crippen molar-refractivity contribution in [3.63, 3.8) is 0 Å². The zero-order valence-corrected chi connectivity index (χ0v) is 19.6. The van der Waals surface area contributed by atoms with Gasteiger partial charge in [-0.3, -0.25) is 4.90 Å². The van der Waals surface area contributed by atoms with Gasteiger partial charge in [0, 0.05) is 49.7 Å². The number of rotatable bonds is 5. The fraction of sp³-hybridized carbons (Fsp3) is 0.478. The highest BCUT2D eigenvalue weighted by Crippen LogP contribution is 2.49. The molecule has 0 bridgehead atoms. The molecule has 2 fully saturated rings. The number of ether oxygens (including phenoxy) is 1. The van der Waals surface area contributed by atoms with E-state index in [0.29, 0.717) is 24.6 Å². The normalized spacial score (nSPS) is 25.8. The lowest BCUT2D eigenvalue weighted by Crippen LogP contribution is -2.49. The third-order valence-corrected chi connectivity index (χ3v) is 9.71. The van der Waals surface area contributed by atoms with Crippen molar-refractivity contribution < 1.29 is 17.5 Å². The number of anilines is 1. The second-order valence-corrected chi connectivity index (χ2v) is 11.7. The molecule has 3 aliphatic rings. The zero-order chi connectivity index (χ0) is 22.2. The molecule has 1 spiro atoms. The van der Waals surface area contributed by atoms with Gasteiger partial charge in [0.25, 0.3) is 0 Å². The number of hydrogen-bond acceptors (Lipinski definition) is 6. The van der Waals surface area contributed by atoms with Gasteiger partial charge in [-0.2, -0.15) is 4.31 Å². The number of hydrogen-bond donors (Lipinski definition) is 0. The van der Waals surface area contributed by atoms with Crippen molar-refractivity contribution in [1.29, 1.82) is 0 Å². The molecule has 0 saturated carbocycles. The predicted octanol–water partition coefficient (Wildman–Crippen LogP) is 2.96. The van der Waals surface area contributed by atoms with E-state index in [1.54, 1.807) is 28.2 Å². The molecule has 0 radical (unpaired) electrons. The van der Waals surface area contributed by atoms with Crippen molar-refractivity contribution >= 4 is 27.5 Å². The van der Waals surface area contributed by atoms with Crippen LogP contribution in [0.15, 0.2) is 53.4 Å². The van der Waals surface area contributed by atoms with Crippen LogP contribution in [0.3, 0.4) is 0 Å². The molecule has 0 aliphatic carbocycles. The predicted molar refractivity (Wildman–Crippen MR) is 125 cm³/mol. The van der Waals surface area contributed by atoms with Crippen LogP contribution in [-0.4, -0.2) is 75.8 Å². The fourth-order valence-electron chi connectivity index (χ4n) is 4.80. The Morgan fingerprint density at radius 3 is 2.47 bits per heavy atom. The molecule has 2 saturated heterocycles. The summed E-state index contributed by atoms with van der Waals surface area (Å²) in [5.74, 6) is 0.659. The van der Waals surface area contributed by atoms with Gasteiger partial charge in [-0.25, -0.2) is 12.8 Å². The number of sulfonamides is 1. The van der Waals surface area contributed by atoms with Gasteiger partial charge in [-0.1, -0.05) is 18.2 Å². The van der Waals surface area contributed by atoms with Crippen LogP contribution in [0.5, 0.6) is 0 Å². The first-order chi connectivity index (χ1) is 15.5. The monoisotopic (exact) mass is 477 g/mol. The largest absolute Gasteiger partial charge is 0.369 e. The van der Waals surface area contributed by atoms with E-state index in [4.69, 9.17) is 4.74 Å². The van der Waals surface area contributed by atoms with Crippen molar-refractivity contribution in [3.8, 4) is 0 Å². The maximum Gasteiger partial charge on any atom is 0.243 e. The summed E-state index contributed by atoms with van der Waals surface area (Å²) in [5, 5.41) is 0. The molecule has 2 aromatic carbocycles. The van der Waals surface area contributed by atoms with Crippen LogP contribution in [0.25, 0.3) is 0 Å². The maximum absolute atomic E-state index is 13.3. The second kappa shape index (κ2) is 8.95. The quantitative estimate of drug-likeness (QED) is 0.660. The first-order valence-corrected chi connectivity index (χ1v) is 13.5. The fourth-order valence-corrected chi connectivity index (χ4v) is 7.95. The highest BCUT2D eigenvalue weighted by Gasteiger charge is 2.49. The Kier molecular flexibility index (Phi) is 6.19. The minimum atomic E-state index is -3.51. The van der Waals surface area contributed by atoms with Gasteiger partial charge < -0.3 is 9.64 Å². The summed E-state index contributed by atoms with van der Waals surface area (Å²) >= 11 is 1.71. The Bertz CT molecular complexity index is 1050. The van der Waals surface area contributed by atoms with Crippen molar-refractivity contribution in [2.24, 2.45) is 0 Å². The Morgan fingerprint density at radius 2 is 1.75 bits per heavy atom. The highest BCUT2D eigenvalue weighted by atomic mass is 32.2. The summed E-state index contributed by atoms with van der Waals surface area (Å²) in [7, 11) is -3.51. The van der Waals surface area contributed by atoms with E-state index in [1.165, 1.54) is 12.1 Å². The van der Waals surface area contributed by atoms with E-state index in [2.05, 4.69) is 9.80 Å². The van der Waals surface area contributed by atoms with Crippen LogP contribution in [0.2, 0.25) is 0 Å². The van der Waals surface area contributed by atoms with Crippen molar-refractivity contribution in [2.75, 3.05) is 63.1 Å². The number of thioether (sulfide) groups is 1. The summed E-state index contributed by atoms with van der Waals surface area (Å²) in [4.78, 5) is 4.44. The Hall–Kier alpha value is -1.65. The molecule has 0 amide bonds. The van der Waals surface area contributed by atoms with Gasteiger partial charge in [0.15, 0.2) is 4.93 Å². The molecule has 1 atom stereocenters. The zero-order valence-electron chi connectivity index (χ0n) is 18.0. The molecule has 1 unspecified atom stereocenters. The molecule has 3 aliphatic heterocycles. The smallest absolute Gasteiger partial charge is 0.243 e. The lowest BCUT2D eigenvalue weighted by atomic mass is 10.1. The van der Waals surface area contributed by atoms with Gasteiger partial charge in [0.1, 0.15) is 5.82 Å². The Labute approximate surface area is 193 Å². The number of halogens is 1. The van der Waals surface area contributed by atoms with Gasteiger partial charge in [0.05, 0.1) is 18.0 Å². The van der Waals surface area contributed by atoms with Crippen LogP contribution in [-0.2, 0) is 19.7 Å². The molecule has 5 rings (SSSR count). The van der Waals surface area contributed by atoms with E-state index in [1.807, 2.05) is 24.3 Å². The maximum atomic E-state index is 13.3. The van der Waals surface area contributed by atoms with Gasteiger partial charge in [-0.15, -0.1) is 11.8 Å². The van der Waals surface area contributed by atoms with E-state index in [0.717, 1.165) is 56.1 Å². The SMILES string of the molecule is O=S1(=O)c2ccccc2C2(CN1CCCN1CCN(c3ccc(F)cc3)CC1)OCCS2. The summed E-state index contributed by atoms with van der Waals surface area (Å²) in [6.45, 7) is 5.95. The third kappa shape index (κ3) is 4.17. The summed E-state index contributed by atoms with van der Waals surface area (Å²) in [6, 6.07) is 13.9. The third-order valence-electron chi connectivity index (χ3n) is 6.50. The van der Waals surface area contributed by atoms with Crippen molar-refractivity contribution in [3.05, 3.63) is 59.9 Å². The first kappa shape index (κ1) is 22.2. The Balaban J connectivity index is 1.19. The van der Waals surface area contributed by atoms with Crippen LogP contribution in [0.4, 0.5) is 10.1 Å². The van der Waals surface area contributed by atoms with Crippen LogP contribution < -0.4 is 4.90 Å². The highest BCUT2D eigenvalue weighted by molar-refractivity contribution is 8.00. The van der Waals surface area contributed by atoms with Crippen molar-refractivity contribution in [2.45, 2.75) is 16.2 Å². The molecule has 9 heteroatoms. The molecule has 2 aromatic rings. The lowest BCUT2D eigenvalue weighted by molar-refractivity contribution is 0.0285. The number of nitrogens with zero attached hydrogens (tertiary/aromatic N) is 3. The average Bonchev–Trinajstić information content (AvgIpc) is 3.28. The van der Waals surface area contributed by atoms with Crippen LogP contribution in [0, 0.1) is 5.82 Å². The topological polar surface area (TPSA) is 53.1 Å². The number of piperazine rings is 1. The van der Waals surface area contributed by atoms with E-state index in [9.17, 15) is 12.8 Å². The van der Waals surface area contributed by atoms with E-state index in [-0.39, 0.29) is 5.82 Å². The lowest BCUT2D eigenvalue weighted by Gasteiger charge is -2.40. The van der Waals surface area contributed by atoms with Crippen LogP contribution >= 0.6 is 11.8 Å².